The van der Waals surface area contributed by atoms with Crippen molar-refractivity contribution in [2.24, 2.45) is 5.41 Å². The summed E-state index contributed by atoms with van der Waals surface area (Å²) in [5.41, 5.74) is -0.127. The van der Waals surface area contributed by atoms with Gasteiger partial charge >= 0.3 is 5.97 Å². The summed E-state index contributed by atoms with van der Waals surface area (Å²) in [6, 6.07) is 3.78. The van der Waals surface area contributed by atoms with Crippen LogP contribution in [0.25, 0.3) is 0 Å². The number of carbonyl (C=O) groups excluding carboxylic acids is 2. The minimum atomic E-state index is -1.16. The fourth-order valence-electron chi connectivity index (χ4n) is 1.44. The Morgan fingerprint density at radius 2 is 2.17 bits per heavy atom. The SMILES string of the molecule is COC(=O)C(C)(C)C(=O)NCCc1cccnc1. The van der Waals surface area contributed by atoms with Crippen LogP contribution >= 0.6 is 0 Å². The summed E-state index contributed by atoms with van der Waals surface area (Å²) < 4.78 is 4.59. The van der Waals surface area contributed by atoms with Gasteiger partial charge in [-0.3, -0.25) is 14.6 Å². The molecule has 0 aromatic carbocycles. The summed E-state index contributed by atoms with van der Waals surface area (Å²) in [6.07, 6.45) is 4.12. The molecular formula is C13H18N2O3. The maximum atomic E-state index is 11.8. The van der Waals surface area contributed by atoms with Crippen molar-refractivity contribution in [2.75, 3.05) is 13.7 Å². The second-order valence-corrected chi connectivity index (χ2v) is 4.48. The fraction of sp³-hybridized carbons (Fsp3) is 0.462. The lowest BCUT2D eigenvalue weighted by Gasteiger charge is -2.20. The Morgan fingerprint density at radius 1 is 1.44 bits per heavy atom. The van der Waals surface area contributed by atoms with Crippen LogP contribution in [0.4, 0.5) is 0 Å². The number of nitrogens with zero attached hydrogens (tertiary/aromatic N) is 1. The van der Waals surface area contributed by atoms with Crippen molar-refractivity contribution in [2.45, 2.75) is 20.3 Å². The Balaban J connectivity index is 2.44. The van der Waals surface area contributed by atoms with E-state index in [1.165, 1.54) is 21.0 Å². The first-order valence-electron chi connectivity index (χ1n) is 5.74. The smallest absolute Gasteiger partial charge is 0.320 e. The highest BCUT2D eigenvalue weighted by atomic mass is 16.5. The molecule has 0 saturated heterocycles. The predicted molar refractivity (Wildman–Crippen MR) is 66.7 cm³/mol. The van der Waals surface area contributed by atoms with E-state index in [-0.39, 0.29) is 5.91 Å². The first kappa shape index (κ1) is 14.2. The number of carbonyl (C=O) groups is 2. The van der Waals surface area contributed by atoms with Gasteiger partial charge in [-0.05, 0) is 31.9 Å². The minimum absolute atomic E-state index is 0.335. The molecule has 0 fully saturated rings. The third-order valence-corrected chi connectivity index (χ3v) is 2.69. The van der Waals surface area contributed by atoms with E-state index in [9.17, 15) is 9.59 Å². The van der Waals surface area contributed by atoms with E-state index in [1.54, 1.807) is 12.4 Å². The molecule has 0 atom stereocenters. The van der Waals surface area contributed by atoms with Crippen LogP contribution in [0.2, 0.25) is 0 Å². The molecule has 98 valence electrons. The average molecular weight is 250 g/mol. The Hall–Kier alpha value is -1.91. The second kappa shape index (κ2) is 6.14. The van der Waals surface area contributed by atoms with E-state index in [0.717, 1.165) is 5.56 Å². The van der Waals surface area contributed by atoms with Crippen molar-refractivity contribution in [3.8, 4) is 0 Å². The standard InChI is InChI=1S/C13H18N2O3/c1-13(2,12(17)18-3)11(16)15-8-6-10-5-4-7-14-9-10/h4-5,7,9H,6,8H2,1-3H3,(H,15,16). The van der Waals surface area contributed by atoms with Gasteiger partial charge in [0.25, 0.3) is 0 Å². The number of methoxy groups -OCH3 is 1. The fourth-order valence-corrected chi connectivity index (χ4v) is 1.44. The highest BCUT2D eigenvalue weighted by Gasteiger charge is 2.36. The van der Waals surface area contributed by atoms with Crippen LogP contribution in [0.1, 0.15) is 19.4 Å². The molecule has 0 unspecified atom stereocenters. The van der Waals surface area contributed by atoms with Gasteiger partial charge in [0.1, 0.15) is 5.41 Å². The number of ether oxygens (including phenoxy) is 1. The zero-order chi connectivity index (χ0) is 13.6. The molecule has 1 heterocycles. The van der Waals surface area contributed by atoms with Crippen LogP contribution in [0.15, 0.2) is 24.5 Å². The molecule has 5 nitrogen and oxygen atoms in total. The number of amides is 1. The molecule has 0 aliphatic carbocycles. The number of nitrogens with one attached hydrogen (secondary N) is 1. The van der Waals surface area contributed by atoms with Crippen molar-refractivity contribution in [1.82, 2.24) is 10.3 Å². The number of esters is 1. The predicted octanol–water partition coefficient (Wildman–Crippen LogP) is 0.939. The van der Waals surface area contributed by atoms with E-state index in [0.29, 0.717) is 13.0 Å². The molecule has 0 aliphatic rings. The van der Waals surface area contributed by atoms with E-state index < -0.39 is 11.4 Å². The van der Waals surface area contributed by atoms with Gasteiger partial charge in [0.05, 0.1) is 7.11 Å². The molecule has 1 aromatic rings. The topological polar surface area (TPSA) is 68.3 Å². The lowest BCUT2D eigenvalue weighted by Crippen LogP contribution is -2.43. The molecule has 0 spiro atoms. The highest BCUT2D eigenvalue weighted by molar-refractivity contribution is 6.01. The molecule has 1 amide bonds. The normalized spacial score (nSPS) is 10.8. The zero-order valence-corrected chi connectivity index (χ0v) is 10.9. The van der Waals surface area contributed by atoms with E-state index in [4.69, 9.17) is 0 Å². The van der Waals surface area contributed by atoms with E-state index in [2.05, 4.69) is 15.0 Å². The summed E-state index contributed by atoms with van der Waals surface area (Å²) >= 11 is 0. The maximum absolute atomic E-state index is 11.8. The van der Waals surface area contributed by atoms with Gasteiger partial charge in [0, 0.05) is 18.9 Å². The first-order valence-corrected chi connectivity index (χ1v) is 5.74. The number of aromatic nitrogens is 1. The van der Waals surface area contributed by atoms with Crippen molar-refractivity contribution in [3.05, 3.63) is 30.1 Å². The highest BCUT2D eigenvalue weighted by Crippen LogP contribution is 2.16. The number of hydrogen-bond acceptors (Lipinski definition) is 4. The third kappa shape index (κ3) is 3.55. The number of hydrogen-bond donors (Lipinski definition) is 1. The van der Waals surface area contributed by atoms with Crippen LogP contribution < -0.4 is 5.32 Å². The molecule has 5 heteroatoms. The van der Waals surface area contributed by atoms with Crippen molar-refractivity contribution in [1.29, 1.82) is 0 Å². The van der Waals surface area contributed by atoms with Crippen molar-refractivity contribution >= 4 is 11.9 Å². The Kier molecular flexibility index (Phi) is 4.83. The lowest BCUT2D eigenvalue weighted by atomic mass is 9.92. The van der Waals surface area contributed by atoms with Gasteiger partial charge in [-0.25, -0.2) is 0 Å². The van der Waals surface area contributed by atoms with Gasteiger partial charge in [-0.15, -0.1) is 0 Å². The molecule has 1 aromatic heterocycles. The maximum Gasteiger partial charge on any atom is 0.320 e. The van der Waals surface area contributed by atoms with Crippen LogP contribution in [0.5, 0.6) is 0 Å². The summed E-state index contributed by atoms with van der Waals surface area (Å²) in [7, 11) is 1.27. The Labute approximate surface area is 107 Å². The molecular weight excluding hydrogens is 232 g/mol. The van der Waals surface area contributed by atoms with Crippen LogP contribution in [-0.4, -0.2) is 30.5 Å². The largest absolute Gasteiger partial charge is 0.468 e. The zero-order valence-electron chi connectivity index (χ0n) is 10.9. The van der Waals surface area contributed by atoms with Gasteiger partial charge in [-0.2, -0.15) is 0 Å². The molecule has 18 heavy (non-hydrogen) atoms. The van der Waals surface area contributed by atoms with Gasteiger partial charge in [0.2, 0.25) is 5.91 Å². The molecule has 0 aliphatic heterocycles. The van der Waals surface area contributed by atoms with E-state index >= 15 is 0 Å². The summed E-state index contributed by atoms with van der Waals surface area (Å²) in [6.45, 7) is 3.54. The number of pyridine rings is 1. The van der Waals surface area contributed by atoms with E-state index in [1.807, 2.05) is 12.1 Å². The molecule has 0 bridgehead atoms. The summed E-state index contributed by atoms with van der Waals surface area (Å²) in [5.74, 6) is -0.875. The average Bonchev–Trinajstić information content (AvgIpc) is 2.38. The van der Waals surface area contributed by atoms with Crippen molar-refractivity contribution in [3.63, 3.8) is 0 Å². The third-order valence-electron chi connectivity index (χ3n) is 2.69. The molecule has 0 radical (unpaired) electrons. The quantitative estimate of drug-likeness (QED) is 0.624. The molecule has 1 rings (SSSR count). The first-order chi connectivity index (χ1) is 8.48. The summed E-state index contributed by atoms with van der Waals surface area (Å²) in [4.78, 5) is 27.2. The molecule has 0 saturated carbocycles. The van der Waals surface area contributed by atoms with Gasteiger partial charge in [0.15, 0.2) is 0 Å². The Bertz CT molecular complexity index is 416. The van der Waals surface area contributed by atoms with Gasteiger partial charge < -0.3 is 10.1 Å². The van der Waals surface area contributed by atoms with Crippen LogP contribution in [0, 0.1) is 5.41 Å². The van der Waals surface area contributed by atoms with Crippen molar-refractivity contribution < 1.29 is 14.3 Å². The second-order valence-electron chi connectivity index (χ2n) is 4.48. The van der Waals surface area contributed by atoms with Crippen LogP contribution in [0.3, 0.4) is 0 Å². The van der Waals surface area contributed by atoms with Crippen LogP contribution in [-0.2, 0) is 20.7 Å². The monoisotopic (exact) mass is 250 g/mol. The summed E-state index contributed by atoms with van der Waals surface area (Å²) in [5, 5.41) is 2.72. The Morgan fingerprint density at radius 3 is 2.72 bits per heavy atom. The lowest BCUT2D eigenvalue weighted by molar-refractivity contribution is -0.156. The number of rotatable bonds is 5. The molecule has 1 N–H and O–H groups in total. The van der Waals surface area contributed by atoms with Gasteiger partial charge in [-0.1, -0.05) is 6.07 Å². The minimum Gasteiger partial charge on any atom is -0.468 e.